The standard InChI is InChI=1S/C22H26N4O.2ClH/c1-26-19-13-6-5-12-18(19)24-21(26)20(15-8-3-2-4-9-15)25-22(27)16-10-7-11-17(23)14-16;;/h2-6,8-9,12-13,16-17,20H,7,10-11,14,23H2,1H3,(H,25,27);2*1H. The van der Waals surface area contributed by atoms with Crippen molar-refractivity contribution in [2.45, 2.75) is 37.8 Å². The van der Waals surface area contributed by atoms with Gasteiger partial charge in [-0.15, -0.1) is 24.8 Å². The third-order valence-corrected chi connectivity index (χ3v) is 5.58. The number of para-hydroxylation sites is 2. The summed E-state index contributed by atoms with van der Waals surface area (Å²) in [7, 11) is 2.00. The second-order valence-corrected chi connectivity index (χ2v) is 7.49. The summed E-state index contributed by atoms with van der Waals surface area (Å²) in [4.78, 5) is 17.8. The molecule has 1 amide bonds. The number of carbonyl (C=O) groups excluding carboxylic acids is 1. The first-order chi connectivity index (χ1) is 13.1. The number of aromatic nitrogens is 2. The fraction of sp³-hybridized carbons (Fsp3) is 0.364. The summed E-state index contributed by atoms with van der Waals surface area (Å²) < 4.78 is 2.07. The fourth-order valence-corrected chi connectivity index (χ4v) is 4.09. The van der Waals surface area contributed by atoms with Crippen molar-refractivity contribution in [1.82, 2.24) is 14.9 Å². The van der Waals surface area contributed by atoms with E-state index in [-0.39, 0.29) is 48.7 Å². The predicted octanol–water partition coefficient (Wildman–Crippen LogP) is 4.14. The van der Waals surface area contributed by atoms with E-state index < -0.39 is 0 Å². The molecular formula is C22H28Cl2N4O. The molecule has 7 heteroatoms. The summed E-state index contributed by atoms with van der Waals surface area (Å²) in [6.07, 6.45) is 3.69. The largest absolute Gasteiger partial charge is 0.342 e. The van der Waals surface area contributed by atoms with Crippen LogP contribution in [-0.2, 0) is 11.8 Å². The Morgan fingerprint density at radius 3 is 2.48 bits per heavy atom. The first kappa shape index (κ1) is 23.2. The van der Waals surface area contributed by atoms with Crippen LogP contribution in [0.15, 0.2) is 54.6 Å². The number of aryl methyl sites for hydroxylation is 1. The van der Waals surface area contributed by atoms with Gasteiger partial charge in [0.15, 0.2) is 0 Å². The molecule has 1 saturated carbocycles. The Balaban J connectivity index is 0.00000150. The van der Waals surface area contributed by atoms with E-state index >= 15 is 0 Å². The molecule has 3 atom stereocenters. The number of nitrogens with zero attached hydrogens (tertiary/aromatic N) is 2. The van der Waals surface area contributed by atoms with Gasteiger partial charge < -0.3 is 15.6 Å². The van der Waals surface area contributed by atoms with Crippen LogP contribution < -0.4 is 11.1 Å². The van der Waals surface area contributed by atoms with Crippen molar-refractivity contribution in [2.75, 3.05) is 0 Å². The minimum Gasteiger partial charge on any atom is -0.342 e. The second-order valence-electron chi connectivity index (χ2n) is 7.49. The maximum Gasteiger partial charge on any atom is 0.224 e. The third kappa shape index (κ3) is 4.92. The molecule has 0 bridgehead atoms. The van der Waals surface area contributed by atoms with Gasteiger partial charge in [-0.05, 0) is 37.0 Å². The normalized spacial score (nSPS) is 19.7. The van der Waals surface area contributed by atoms with E-state index in [1.165, 1.54) is 0 Å². The molecule has 29 heavy (non-hydrogen) atoms. The summed E-state index contributed by atoms with van der Waals surface area (Å²) in [5.41, 5.74) is 9.12. The highest BCUT2D eigenvalue weighted by molar-refractivity contribution is 5.85. The number of rotatable bonds is 4. The molecule has 1 heterocycles. The first-order valence-electron chi connectivity index (χ1n) is 9.65. The van der Waals surface area contributed by atoms with E-state index in [2.05, 4.69) is 16.0 Å². The quantitative estimate of drug-likeness (QED) is 0.647. The van der Waals surface area contributed by atoms with Crippen LogP contribution in [0.3, 0.4) is 0 Å². The van der Waals surface area contributed by atoms with Crippen LogP contribution in [0.2, 0.25) is 0 Å². The molecule has 1 fully saturated rings. The van der Waals surface area contributed by atoms with Crippen molar-refractivity contribution in [3.8, 4) is 0 Å². The zero-order valence-corrected chi connectivity index (χ0v) is 18.1. The van der Waals surface area contributed by atoms with Crippen molar-refractivity contribution in [2.24, 2.45) is 18.7 Å². The van der Waals surface area contributed by atoms with Gasteiger partial charge in [0.25, 0.3) is 0 Å². The lowest BCUT2D eigenvalue weighted by Crippen LogP contribution is -2.40. The summed E-state index contributed by atoms with van der Waals surface area (Å²) in [6, 6.07) is 17.9. The summed E-state index contributed by atoms with van der Waals surface area (Å²) in [5.74, 6) is 0.900. The molecule has 3 unspecified atom stereocenters. The SMILES string of the molecule is Cl.Cl.Cn1c(C(NC(=O)C2CCCC(N)C2)c2ccccc2)nc2ccccc21. The maximum absolute atomic E-state index is 13.0. The van der Waals surface area contributed by atoms with Crippen LogP contribution in [0.1, 0.15) is 43.1 Å². The van der Waals surface area contributed by atoms with Crippen LogP contribution >= 0.6 is 24.8 Å². The van der Waals surface area contributed by atoms with Gasteiger partial charge in [-0.3, -0.25) is 4.79 Å². The number of hydrogen-bond acceptors (Lipinski definition) is 3. The first-order valence-corrected chi connectivity index (χ1v) is 9.65. The lowest BCUT2D eigenvalue weighted by molar-refractivity contribution is -0.126. The molecule has 1 aliphatic carbocycles. The Kier molecular flexibility index (Phi) is 8.08. The second kappa shape index (κ2) is 10.1. The summed E-state index contributed by atoms with van der Waals surface area (Å²) >= 11 is 0. The van der Waals surface area contributed by atoms with Gasteiger partial charge in [0.2, 0.25) is 5.91 Å². The predicted molar refractivity (Wildman–Crippen MR) is 122 cm³/mol. The van der Waals surface area contributed by atoms with Gasteiger partial charge in [-0.2, -0.15) is 0 Å². The molecule has 4 rings (SSSR count). The molecule has 156 valence electrons. The number of benzene rings is 2. The number of imidazole rings is 1. The highest BCUT2D eigenvalue weighted by Gasteiger charge is 2.29. The van der Waals surface area contributed by atoms with E-state index in [9.17, 15) is 4.79 Å². The maximum atomic E-state index is 13.0. The summed E-state index contributed by atoms with van der Waals surface area (Å²) in [6.45, 7) is 0. The highest BCUT2D eigenvalue weighted by Crippen LogP contribution is 2.28. The van der Waals surface area contributed by atoms with Crippen LogP contribution in [0.25, 0.3) is 11.0 Å². The van der Waals surface area contributed by atoms with Gasteiger partial charge in [0.1, 0.15) is 11.9 Å². The topological polar surface area (TPSA) is 72.9 Å². The average molecular weight is 435 g/mol. The van der Waals surface area contributed by atoms with Crippen LogP contribution in [0.5, 0.6) is 0 Å². The minimum atomic E-state index is -0.283. The zero-order chi connectivity index (χ0) is 18.8. The van der Waals surface area contributed by atoms with Gasteiger partial charge in [0, 0.05) is 19.0 Å². The Morgan fingerprint density at radius 2 is 1.79 bits per heavy atom. The lowest BCUT2D eigenvalue weighted by atomic mass is 9.85. The van der Waals surface area contributed by atoms with Crippen LogP contribution in [0.4, 0.5) is 0 Å². The number of nitrogens with two attached hydrogens (primary N) is 1. The number of carbonyl (C=O) groups is 1. The van der Waals surface area contributed by atoms with Crippen molar-refractivity contribution < 1.29 is 4.79 Å². The molecular weight excluding hydrogens is 407 g/mol. The van der Waals surface area contributed by atoms with Crippen molar-refractivity contribution in [3.63, 3.8) is 0 Å². The average Bonchev–Trinajstić information content (AvgIpc) is 3.03. The number of hydrogen-bond donors (Lipinski definition) is 2. The number of fused-ring (bicyclic) bond motifs is 1. The van der Waals surface area contributed by atoms with Gasteiger partial charge in [-0.25, -0.2) is 4.98 Å². The van der Waals surface area contributed by atoms with Crippen molar-refractivity contribution >= 4 is 41.8 Å². The molecule has 3 N–H and O–H groups in total. The highest BCUT2D eigenvalue weighted by atomic mass is 35.5. The van der Waals surface area contributed by atoms with E-state index in [0.29, 0.717) is 0 Å². The zero-order valence-electron chi connectivity index (χ0n) is 16.5. The molecule has 0 radical (unpaired) electrons. The molecule has 0 spiro atoms. The number of halogens is 2. The third-order valence-electron chi connectivity index (χ3n) is 5.58. The van der Waals surface area contributed by atoms with Crippen molar-refractivity contribution in [1.29, 1.82) is 0 Å². The Bertz CT molecular complexity index is 944. The van der Waals surface area contributed by atoms with E-state index in [1.807, 2.05) is 55.6 Å². The monoisotopic (exact) mass is 434 g/mol. The van der Waals surface area contributed by atoms with E-state index in [1.54, 1.807) is 0 Å². The minimum absolute atomic E-state index is 0. The van der Waals surface area contributed by atoms with E-state index in [0.717, 1.165) is 48.1 Å². The molecule has 1 aliphatic rings. The molecule has 5 nitrogen and oxygen atoms in total. The van der Waals surface area contributed by atoms with Gasteiger partial charge in [0.05, 0.1) is 11.0 Å². The number of amides is 1. The Hall–Kier alpha value is -2.08. The molecule has 3 aromatic rings. The molecule has 0 saturated heterocycles. The molecule has 1 aromatic heterocycles. The number of nitrogens with one attached hydrogen (secondary N) is 1. The van der Waals surface area contributed by atoms with E-state index in [4.69, 9.17) is 10.7 Å². The molecule has 2 aromatic carbocycles. The molecule has 0 aliphatic heterocycles. The smallest absolute Gasteiger partial charge is 0.224 e. The van der Waals surface area contributed by atoms with Gasteiger partial charge in [-0.1, -0.05) is 48.9 Å². The van der Waals surface area contributed by atoms with Crippen LogP contribution in [0, 0.1) is 5.92 Å². The Morgan fingerprint density at radius 1 is 1.10 bits per heavy atom. The fourth-order valence-electron chi connectivity index (χ4n) is 4.09. The lowest BCUT2D eigenvalue weighted by Gasteiger charge is -2.28. The van der Waals surface area contributed by atoms with Gasteiger partial charge >= 0.3 is 0 Å². The van der Waals surface area contributed by atoms with Crippen molar-refractivity contribution in [3.05, 3.63) is 66.0 Å². The van der Waals surface area contributed by atoms with Crippen LogP contribution in [-0.4, -0.2) is 21.5 Å². The Labute approximate surface area is 183 Å². The summed E-state index contributed by atoms with van der Waals surface area (Å²) in [5, 5.41) is 3.26.